The van der Waals surface area contributed by atoms with Crippen LogP contribution in [0.3, 0.4) is 0 Å². The zero-order valence-corrected chi connectivity index (χ0v) is 12.7. The Bertz CT molecular complexity index is 500. The Morgan fingerprint density at radius 1 is 1.24 bits per heavy atom. The number of carbonyl (C=O) groups excluding carboxylic acids is 2. The van der Waals surface area contributed by atoms with Crippen LogP contribution in [-0.2, 0) is 9.53 Å². The number of ether oxygens (including phenoxy) is 2. The Balaban J connectivity index is 2.50. The number of nitrogens with zero attached hydrogens (tertiary/aromatic N) is 1. The predicted molar refractivity (Wildman–Crippen MR) is 80.2 cm³/mol. The molecule has 1 aromatic carbocycles. The van der Waals surface area contributed by atoms with E-state index in [1.165, 1.54) is 11.0 Å². The molecule has 1 amide bonds. The molecule has 0 fully saturated rings. The lowest BCUT2D eigenvalue weighted by atomic mass is 10.2. The largest absolute Gasteiger partial charge is 0.494 e. The number of rotatable bonds is 7. The Morgan fingerprint density at radius 2 is 1.95 bits per heavy atom. The lowest BCUT2D eigenvalue weighted by molar-refractivity contribution is -0.128. The molecule has 0 aliphatic rings. The van der Waals surface area contributed by atoms with E-state index in [0.29, 0.717) is 36.4 Å². The maximum Gasteiger partial charge on any atom is 0.338 e. The topological polar surface area (TPSA) is 81.9 Å². The van der Waals surface area contributed by atoms with Gasteiger partial charge < -0.3 is 20.1 Å². The van der Waals surface area contributed by atoms with Crippen LogP contribution in [0.15, 0.2) is 18.2 Å². The fourth-order valence-corrected chi connectivity index (χ4v) is 1.69. The van der Waals surface area contributed by atoms with Gasteiger partial charge in [-0.05, 0) is 25.5 Å². The molecule has 6 heteroatoms. The van der Waals surface area contributed by atoms with Crippen LogP contribution >= 0.6 is 0 Å². The number of anilines is 1. The minimum atomic E-state index is -0.472. The normalized spacial score (nSPS) is 10.0. The van der Waals surface area contributed by atoms with Gasteiger partial charge in [-0.15, -0.1) is 0 Å². The molecule has 116 valence electrons. The standard InChI is InChI=1S/C15H22N2O4/c1-4-20-13-9-11(8-12(16)10-13)15(19)21-7-5-6-14(18)17(2)3/h8-10H,4-7,16H2,1-3H3. The summed E-state index contributed by atoms with van der Waals surface area (Å²) < 4.78 is 10.4. The summed E-state index contributed by atoms with van der Waals surface area (Å²) in [6.45, 7) is 2.53. The molecule has 0 saturated carbocycles. The highest BCUT2D eigenvalue weighted by Crippen LogP contribution is 2.19. The van der Waals surface area contributed by atoms with Crippen molar-refractivity contribution in [2.45, 2.75) is 19.8 Å². The van der Waals surface area contributed by atoms with Gasteiger partial charge in [-0.3, -0.25) is 4.79 Å². The summed E-state index contributed by atoms with van der Waals surface area (Å²) in [5.41, 5.74) is 6.50. The Kier molecular flexibility index (Phi) is 6.52. The fraction of sp³-hybridized carbons (Fsp3) is 0.467. The molecule has 0 radical (unpaired) electrons. The summed E-state index contributed by atoms with van der Waals surface area (Å²) in [5.74, 6) is 0.0708. The van der Waals surface area contributed by atoms with E-state index in [-0.39, 0.29) is 12.5 Å². The second kappa shape index (κ2) is 8.14. The summed E-state index contributed by atoms with van der Waals surface area (Å²) >= 11 is 0. The van der Waals surface area contributed by atoms with E-state index in [4.69, 9.17) is 15.2 Å². The van der Waals surface area contributed by atoms with Crippen molar-refractivity contribution in [3.05, 3.63) is 23.8 Å². The summed E-state index contributed by atoms with van der Waals surface area (Å²) in [5, 5.41) is 0. The molecule has 0 aromatic heterocycles. The smallest absolute Gasteiger partial charge is 0.338 e. The highest BCUT2D eigenvalue weighted by atomic mass is 16.5. The van der Waals surface area contributed by atoms with E-state index in [9.17, 15) is 9.59 Å². The molecule has 0 unspecified atom stereocenters. The molecular formula is C15H22N2O4. The van der Waals surface area contributed by atoms with Crippen LogP contribution in [0.25, 0.3) is 0 Å². The number of amides is 1. The third kappa shape index (κ3) is 5.72. The first kappa shape index (κ1) is 16.8. The number of nitrogen functional groups attached to an aromatic ring is 1. The van der Waals surface area contributed by atoms with E-state index in [1.807, 2.05) is 6.92 Å². The molecule has 2 N–H and O–H groups in total. The van der Waals surface area contributed by atoms with Gasteiger partial charge in [0.2, 0.25) is 5.91 Å². The number of hydrogen-bond acceptors (Lipinski definition) is 5. The lowest BCUT2D eigenvalue weighted by Gasteiger charge is -2.10. The van der Waals surface area contributed by atoms with E-state index >= 15 is 0 Å². The third-order valence-corrected chi connectivity index (χ3v) is 2.74. The second-order valence-electron chi connectivity index (χ2n) is 4.75. The maximum atomic E-state index is 11.9. The fourth-order valence-electron chi connectivity index (χ4n) is 1.69. The van der Waals surface area contributed by atoms with Gasteiger partial charge in [-0.25, -0.2) is 4.79 Å². The Hall–Kier alpha value is -2.24. The Morgan fingerprint density at radius 3 is 2.57 bits per heavy atom. The quantitative estimate of drug-likeness (QED) is 0.470. The molecule has 0 aliphatic heterocycles. The van der Waals surface area contributed by atoms with Crippen LogP contribution in [0.2, 0.25) is 0 Å². The van der Waals surface area contributed by atoms with Crippen LogP contribution in [-0.4, -0.2) is 44.1 Å². The van der Waals surface area contributed by atoms with Crippen LogP contribution in [0.5, 0.6) is 5.75 Å². The number of carbonyl (C=O) groups is 2. The van der Waals surface area contributed by atoms with E-state index in [1.54, 1.807) is 26.2 Å². The van der Waals surface area contributed by atoms with Crippen molar-refractivity contribution in [2.75, 3.05) is 33.0 Å². The highest BCUT2D eigenvalue weighted by molar-refractivity contribution is 5.91. The van der Waals surface area contributed by atoms with Gasteiger partial charge in [-0.2, -0.15) is 0 Å². The van der Waals surface area contributed by atoms with Crippen LogP contribution in [0, 0.1) is 0 Å². The van der Waals surface area contributed by atoms with Crippen LogP contribution < -0.4 is 10.5 Å². The number of hydrogen-bond donors (Lipinski definition) is 1. The van der Waals surface area contributed by atoms with Crippen molar-refractivity contribution in [3.8, 4) is 5.75 Å². The van der Waals surface area contributed by atoms with Gasteiger partial charge in [0.05, 0.1) is 18.8 Å². The van der Waals surface area contributed by atoms with Crippen molar-refractivity contribution in [1.82, 2.24) is 4.90 Å². The molecule has 0 atom stereocenters. The number of esters is 1. The van der Waals surface area contributed by atoms with Gasteiger partial charge in [-0.1, -0.05) is 0 Å². The van der Waals surface area contributed by atoms with Crippen LogP contribution in [0.4, 0.5) is 5.69 Å². The molecular weight excluding hydrogens is 272 g/mol. The van der Waals surface area contributed by atoms with Crippen molar-refractivity contribution in [2.24, 2.45) is 0 Å². The van der Waals surface area contributed by atoms with Gasteiger partial charge in [0.1, 0.15) is 5.75 Å². The maximum absolute atomic E-state index is 11.9. The third-order valence-electron chi connectivity index (χ3n) is 2.74. The van der Waals surface area contributed by atoms with Crippen molar-refractivity contribution >= 4 is 17.6 Å². The first-order valence-electron chi connectivity index (χ1n) is 6.84. The van der Waals surface area contributed by atoms with Crippen LogP contribution in [0.1, 0.15) is 30.1 Å². The van der Waals surface area contributed by atoms with Gasteiger partial charge >= 0.3 is 5.97 Å². The molecule has 1 aromatic rings. The molecule has 0 saturated heterocycles. The lowest BCUT2D eigenvalue weighted by Crippen LogP contribution is -2.21. The van der Waals surface area contributed by atoms with E-state index < -0.39 is 5.97 Å². The zero-order valence-electron chi connectivity index (χ0n) is 12.7. The molecule has 21 heavy (non-hydrogen) atoms. The first-order chi connectivity index (χ1) is 9.93. The molecule has 0 spiro atoms. The SMILES string of the molecule is CCOc1cc(N)cc(C(=O)OCCCC(=O)N(C)C)c1. The van der Waals surface area contributed by atoms with Gasteiger partial charge in [0.15, 0.2) is 0 Å². The summed E-state index contributed by atoms with van der Waals surface area (Å²) in [7, 11) is 3.38. The highest BCUT2D eigenvalue weighted by Gasteiger charge is 2.11. The second-order valence-corrected chi connectivity index (χ2v) is 4.75. The average Bonchev–Trinajstić information content (AvgIpc) is 2.42. The minimum Gasteiger partial charge on any atom is -0.494 e. The molecule has 6 nitrogen and oxygen atoms in total. The Labute approximate surface area is 124 Å². The predicted octanol–water partition coefficient (Wildman–Crippen LogP) is 1.69. The molecule has 0 aliphatic carbocycles. The van der Waals surface area contributed by atoms with Crippen molar-refractivity contribution in [1.29, 1.82) is 0 Å². The number of benzene rings is 1. The van der Waals surface area contributed by atoms with Gasteiger partial charge in [0.25, 0.3) is 0 Å². The van der Waals surface area contributed by atoms with Crippen molar-refractivity contribution in [3.63, 3.8) is 0 Å². The summed E-state index contributed by atoms with van der Waals surface area (Å²) in [6, 6.07) is 4.78. The van der Waals surface area contributed by atoms with E-state index in [2.05, 4.69) is 0 Å². The summed E-state index contributed by atoms with van der Waals surface area (Å²) in [6.07, 6.45) is 0.838. The summed E-state index contributed by atoms with van der Waals surface area (Å²) in [4.78, 5) is 24.8. The molecule has 0 heterocycles. The zero-order chi connectivity index (χ0) is 15.8. The minimum absolute atomic E-state index is 0.00800. The first-order valence-corrected chi connectivity index (χ1v) is 6.84. The molecule has 1 rings (SSSR count). The average molecular weight is 294 g/mol. The number of nitrogens with two attached hydrogens (primary N) is 1. The van der Waals surface area contributed by atoms with Gasteiger partial charge in [0, 0.05) is 32.3 Å². The van der Waals surface area contributed by atoms with Crippen molar-refractivity contribution < 1.29 is 19.1 Å². The molecule has 0 bridgehead atoms. The monoisotopic (exact) mass is 294 g/mol. The van der Waals surface area contributed by atoms with E-state index in [0.717, 1.165) is 0 Å².